The summed E-state index contributed by atoms with van der Waals surface area (Å²) in [5.41, 5.74) is 6.24. The summed E-state index contributed by atoms with van der Waals surface area (Å²) in [7, 11) is 0. The van der Waals surface area contributed by atoms with Gasteiger partial charge in [0.15, 0.2) is 17.5 Å². The maximum atomic E-state index is 5.22. The summed E-state index contributed by atoms with van der Waals surface area (Å²) in [5, 5.41) is 4.91. The van der Waals surface area contributed by atoms with E-state index in [9.17, 15) is 0 Å². The highest BCUT2D eigenvalue weighted by Gasteiger charge is 2.20. The molecule has 5 heteroatoms. The molecule has 0 aliphatic rings. The number of aromatic nitrogens is 4. The third-order valence-electron chi connectivity index (χ3n) is 8.28. The van der Waals surface area contributed by atoms with Crippen LogP contribution in [0.5, 0.6) is 0 Å². The first-order valence-electron chi connectivity index (χ1n) is 14.6. The minimum absolute atomic E-state index is 0.643. The zero-order valence-corrected chi connectivity index (χ0v) is 24.4. The first kappa shape index (κ1) is 24.9. The van der Waals surface area contributed by atoms with Crippen LogP contribution >= 0.6 is 11.3 Å². The molecule has 0 radical (unpaired) electrons. The van der Waals surface area contributed by atoms with E-state index in [-0.39, 0.29) is 0 Å². The average Bonchev–Trinajstić information content (AvgIpc) is 3.64. The van der Waals surface area contributed by atoms with Crippen molar-refractivity contribution >= 4 is 53.3 Å². The number of benzene rings is 6. The topological polar surface area (TPSA) is 43.6 Å². The Labute approximate surface area is 257 Å². The van der Waals surface area contributed by atoms with E-state index in [0.717, 1.165) is 33.4 Å². The Balaban J connectivity index is 1.33. The number of hydrogen-bond acceptors (Lipinski definition) is 4. The fourth-order valence-electron chi connectivity index (χ4n) is 6.30. The third-order valence-corrected chi connectivity index (χ3v) is 9.50. The van der Waals surface area contributed by atoms with Crippen molar-refractivity contribution in [1.82, 2.24) is 19.5 Å². The molecule has 4 nitrogen and oxygen atoms in total. The Morgan fingerprint density at radius 3 is 1.73 bits per heavy atom. The largest absolute Gasteiger partial charge is 0.309 e. The minimum Gasteiger partial charge on any atom is -0.309 e. The van der Waals surface area contributed by atoms with E-state index in [1.54, 1.807) is 11.3 Å². The quantitative estimate of drug-likeness (QED) is 0.208. The van der Waals surface area contributed by atoms with Crippen LogP contribution in [0.3, 0.4) is 0 Å². The lowest BCUT2D eigenvalue weighted by atomic mass is 10.1. The van der Waals surface area contributed by atoms with E-state index in [2.05, 4.69) is 132 Å². The zero-order chi connectivity index (χ0) is 29.0. The molecule has 6 aromatic carbocycles. The second-order valence-corrected chi connectivity index (χ2v) is 11.9. The molecule has 9 aromatic rings. The van der Waals surface area contributed by atoms with Gasteiger partial charge in [-0.3, -0.25) is 0 Å². The van der Waals surface area contributed by atoms with Crippen molar-refractivity contribution in [3.63, 3.8) is 0 Å². The Kier molecular flexibility index (Phi) is 5.64. The molecular weight excluding hydrogens is 557 g/mol. The van der Waals surface area contributed by atoms with Crippen LogP contribution in [0.15, 0.2) is 146 Å². The predicted molar refractivity (Wildman–Crippen MR) is 183 cm³/mol. The van der Waals surface area contributed by atoms with Gasteiger partial charge in [0.25, 0.3) is 0 Å². The fourth-order valence-corrected chi connectivity index (χ4v) is 7.51. The molecule has 0 N–H and O–H groups in total. The number of thiophene rings is 1. The molecule has 0 aliphatic heterocycles. The van der Waals surface area contributed by atoms with E-state index in [1.807, 2.05) is 18.2 Å². The molecule has 3 heterocycles. The molecule has 3 aromatic heterocycles. The third kappa shape index (κ3) is 3.87. The number of nitrogens with zero attached hydrogens (tertiary/aromatic N) is 4. The Morgan fingerprint density at radius 2 is 0.955 bits per heavy atom. The van der Waals surface area contributed by atoms with Gasteiger partial charge in [-0.25, -0.2) is 15.0 Å². The van der Waals surface area contributed by atoms with Crippen molar-refractivity contribution in [2.75, 3.05) is 0 Å². The second-order valence-electron chi connectivity index (χ2n) is 10.8. The van der Waals surface area contributed by atoms with Crippen molar-refractivity contribution in [2.45, 2.75) is 0 Å². The van der Waals surface area contributed by atoms with Gasteiger partial charge in [-0.1, -0.05) is 109 Å². The molecule has 206 valence electrons. The van der Waals surface area contributed by atoms with Crippen molar-refractivity contribution < 1.29 is 0 Å². The molecule has 0 fully saturated rings. The number of fused-ring (bicyclic) bond motifs is 6. The van der Waals surface area contributed by atoms with Crippen molar-refractivity contribution in [3.05, 3.63) is 146 Å². The average molecular weight is 581 g/mol. The van der Waals surface area contributed by atoms with E-state index < -0.39 is 0 Å². The lowest BCUT2D eigenvalue weighted by molar-refractivity contribution is 1.07. The smallest absolute Gasteiger partial charge is 0.166 e. The van der Waals surface area contributed by atoms with Gasteiger partial charge in [-0.2, -0.15) is 0 Å². The van der Waals surface area contributed by atoms with Crippen LogP contribution in [0, 0.1) is 0 Å². The normalized spacial score (nSPS) is 11.6. The van der Waals surface area contributed by atoms with Gasteiger partial charge in [-0.15, -0.1) is 11.3 Å². The summed E-state index contributed by atoms with van der Waals surface area (Å²) in [5.74, 6) is 1.97. The first-order chi connectivity index (χ1) is 21.8. The van der Waals surface area contributed by atoms with Crippen LogP contribution in [0.2, 0.25) is 0 Å². The van der Waals surface area contributed by atoms with Crippen LogP contribution in [0.4, 0.5) is 0 Å². The summed E-state index contributed by atoms with van der Waals surface area (Å²) in [6, 6.07) is 50.7. The molecule has 0 saturated heterocycles. The summed E-state index contributed by atoms with van der Waals surface area (Å²) in [6.45, 7) is 0. The molecule has 0 unspecified atom stereocenters. The van der Waals surface area contributed by atoms with Crippen LogP contribution in [-0.4, -0.2) is 19.5 Å². The Hall–Kier alpha value is -5.65. The van der Waals surface area contributed by atoms with Gasteiger partial charge >= 0.3 is 0 Å². The molecule has 0 atom stereocenters. The van der Waals surface area contributed by atoms with E-state index in [0.29, 0.717) is 17.5 Å². The summed E-state index contributed by atoms with van der Waals surface area (Å²) in [6.07, 6.45) is 0. The van der Waals surface area contributed by atoms with Gasteiger partial charge in [0.1, 0.15) is 0 Å². The van der Waals surface area contributed by atoms with Gasteiger partial charge in [0, 0.05) is 47.6 Å². The summed E-state index contributed by atoms with van der Waals surface area (Å²) >= 11 is 1.79. The molecule has 44 heavy (non-hydrogen) atoms. The molecule has 0 bridgehead atoms. The Morgan fingerprint density at radius 1 is 0.409 bits per heavy atom. The van der Waals surface area contributed by atoms with E-state index >= 15 is 0 Å². The van der Waals surface area contributed by atoms with Gasteiger partial charge in [-0.05, 0) is 36.4 Å². The van der Waals surface area contributed by atoms with Crippen LogP contribution in [0.1, 0.15) is 0 Å². The van der Waals surface area contributed by atoms with E-state index in [1.165, 1.54) is 30.9 Å². The monoisotopic (exact) mass is 580 g/mol. The molecule has 0 spiro atoms. The molecule has 0 aliphatic carbocycles. The van der Waals surface area contributed by atoms with Crippen molar-refractivity contribution in [2.24, 2.45) is 0 Å². The number of para-hydroxylation sites is 3. The summed E-state index contributed by atoms with van der Waals surface area (Å²) in [4.78, 5) is 15.4. The van der Waals surface area contributed by atoms with Crippen LogP contribution in [0.25, 0.3) is 81.8 Å². The maximum Gasteiger partial charge on any atom is 0.166 e. The highest BCUT2D eigenvalue weighted by molar-refractivity contribution is 7.26. The zero-order valence-electron chi connectivity index (χ0n) is 23.6. The van der Waals surface area contributed by atoms with Crippen LogP contribution < -0.4 is 0 Å². The number of rotatable bonds is 4. The molecule has 0 saturated carbocycles. The SMILES string of the molecule is c1ccc(-c2nc(-c3ccccc3-n3c4ccccc4c4ccccc43)nc(-c3cccc4c3sc3ccccc34)n2)cc1. The maximum absolute atomic E-state index is 5.22. The molecule has 9 rings (SSSR count). The van der Waals surface area contributed by atoms with Crippen molar-refractivity contribution in [1.29, 1.82) is 0 Å². The van der Waals surface area contributed by atoms with Crippen molar-refractivity contribution in [3.8, 4) is 39.9 Å². The predicted octanol–water partition coefficient (Wildman–Crippen LogP) is 10.3. The standard InChI is InChI=1S/C39H24N4S/c1-2-13-25(14-3-1)37-40-38(42-39(41-37)31-20-12-19-29-28-17-7-11-24-35(28)44-36(29)31)30-18-6-10-23-34(30)43-32-21-8-4-15-26(32)27-16-5-9-22-33(27)43/h1-24H. The van der Waals surface area contributed by atoms with Gasteiger partial charge < -0.3 is 4.57 Å². The Bertz CT molecular complexity index is 2460. The molecule has 0 amide bonds. The lowest BCUT2D eigenvalue weighted by Crippen LogP contribution is -2.03. The van der Waals surface area contributed by atoms with Gasteiger partial charge in [0.05, 0.1) is 16.7 Å². The minimum atomic E-state index is 0.643. The fraction of sp³-hybridized carbons (Fsp3) is 0. The number of hydrogen-bond donors (Lipinski definition) is 0. The first-order valence-corrected chi connectivity index (χ1v) is 15.5. The summed E-state index contributed by atoms with van der Waals surface area (Å²) < 4.78 is 4.77. The highest BCUT2D eigenvalue weighted by atomic mass is 32.1. The molecular formula is C39H24N4S. The van der Waals surface area contributed by atoms with Crippen LogP contribution in [-0.2, 0) is 0 Å². The van der Waals surface area contributed by atoms with Gasteiger partial charge in [0.2, 0.25) is 0 Å². The lowest BCUT2D eigenvalue weighted by Gasteiger charge is -2.14. The highest BCUT2D eigenvalue weighted by Crippen LogP contribution is 2.40. The van der Waals surface area contributed by atoms with E-state index in [4.69, 9.17) is 15.0 Å². The second kappa shape index (κ2) is 9.97.